The molecule has 0 N–H and O–H groups in total. The second-order valence-corrected chi connectivity index (χ2v) is 5.01. The maximum atomic E-state index is 12.7. The van der Waals surface area contributed by atoms with Gasteiger partial charge in [-0.05, 0) is 12.1 Å². The van der Waals surface area contributed by atoms with Crippen LogP contribution in [0, 0.1) is 11.3 Å². The third kappa shape index (κ3) is 4.20. The van der Waals surface area contributed by atoms with Gasteiger partial charge in [-0.25, -0.2) is 0 Å². The number of amides is 1. The van der Waals surface area contributed by atoms with E-state index in [-0.39, 0.29) is 12.3 Å². The molecule has 0 aliphatic carbocycles. The van der Waals surface area contributed by atoms with E-state index < -0.39 is 0 Å². The molecule has 22 heavy (non-hydrogen) atoms. The number of carbonyl (C=O) groups excluding carboxylic acids is 1. The monoisotopic (exact) mass is 303 g/mol. The van der Waals surface area contributed by atoms with Crippen LogP contribution in [0.3, 0.4) is 0 Å². The highest BCUT2D eigenvalue weighted by Gasteiger charge is 2.22. The fourth-order valence-corrected chi connectivity index (χ4v) is 2.43. The van der Waals surface area contributed by atoms with Crippen molar-refractivity contribution in [1.29, 1.82) is 5.26 Å². The van der Waals surface area contributed by atoms with Gasteiger partial charge >= 0.3 is 0 Å². The molecule has 2 rings (SSSR count). The predicted octanol–water partition coefficient (Wildman–Crippen LogP) is 1.27. The van der Waals surface area contributed by atoms with E-state index in [1.54, 1.807) is 12.0 Å². The quantitative estimate of drug-likeness (QED) is 0.792. The number of benzene rings is 1. The molecule has 0 atom stereocenters. The first-order valence-electron chi connectivity index (χ1n) is 7.36. The predicted molar refractivity (Wildman–Crippen MR) is 82.8 cm³/mol. The summed E-state index contributed by atoms with van der Waals surface area (Å²) in [6.45, 7) is 3.50. The summed E-state index contributed by atoms with van der Waals surface area (Å²) in [5, 5.41) is 8.85. The van der Waals surface area contributed by atoms with Gasteiger partial charge in [-0.15, -0.1) is 0 Å². The van der Waals surface area contributed by atoms with Gasteiger partial charge in [0.15, 0.2) is 0 Å². The van der Waals surface area contributed by atoms with Crippen molar-refractivity contribution in [2.45, 2.75) is 6.42 Å². The van der Waals surface area contributed by atoms with E-state index in [9.17, 15) is 4.79 Å². The number of anilines is 1. The summed E-state index contributed by atoms with van der Waals surface area (Å²) in [6.07, 6.45) is 0.285. The van der Waals surface area contributed by atoms with Crippen LogP contribution in [-0.2, 0) is 9.53 Å². The Hall–Kier alpha value is -2.10. The van der Waals surface area contributed by atoms with Crippen molar-refractivity contribution < 1.29 is 14.3 Å². The highest BCUT2D eigenvalue weighted by molar-refractivity contribution is 5.96. The third-order valence-corrected chi connectivity index (χ3v) is 3.59. The van der Waals surface area contributed by atoms with Gasteiger partial charge in [-0.1, -0.05) is 12.1 Å². The van der Waals surface area contributed by atoms with E-state index in [1.165, 1.54) is 0 Å². The lowest BCUT2D eigenvalue weighted by molar-refractivity contribution is -0.120. The van der Waals surface area contributed by atoms with Crippen molar-refractivity contribution in [2.24, 2.45) is 0 Å². The molecule has 1 fully saturated rings. The molecule has 6 nitrogen and oxygen atoms in total. The SMILES string of the molecule is COc1ccccc1N(CCC#N)C(=O)CN1CCOCC1. The van der Waals surface area contributed by atoms with E-state index in [0.717, 1.165) is 13.1 Å². The number of hydrogen-bond donors (Lipinski definition) is 0. The van der Waals surface area contributed by atoms with E-state index in [0.29, 0.717) is 37.7 Å². The zero-order valence-electron chi connectivity index (χ0n) is 12.8. The minimum Gasteiger partial charge on any atom is -0.495 e. The van der Waals surface area contributed by atoms with Crippen molar-refractivity contribution in [2.75, 3.05) is 51.4 Å². The average molecular weight is 303 g/mol. The van der Waals surface area contributed by atoms with Gasteiger partial charge in [0, 0.05) is 19.6 Å². The lowest BCUT2D eigenvalue weighted by atomic mass is 10.2. The van der Waals surface area contributed by atoms with Crippen molar-refractivity contribution in [3.63, 3.8) is 0 Å². The van der Waals surface area contributed by atoms with Crippen LogP contribution in [0.2, 0.25) is 0 Å². The number of methoxy groups -OCH3 is 1. The molecule has 1 aromatic rings. The number of carbonyl (C=O) groups is 1. The van der Waals surface area contributed by atoms with Crippen LogP contribution in [0.4, 0.5) is 5.69 Å². The Morgan fingerprint density at radius 3 is 2.82 bits per heavy atom. The van der Waals surface area contributed by atoms with Gasteiger partial charge in [0.1, 0.15) is 5.75 Å². The van der Waals surface area contributed by atoms with Crippen LogP contribution < -0.4 is 9.64 Å². The molecule has 0 aromatic heterocycles. The highest BCUT2D eigenvalue weighted by Crippen LogP contribution is 2.28. The summed E-state index contributed by atoms with van der Waals surface area (Å²) in [5.74, 6) is 0.609. The smallest absolute Gasteiger partial charge is 0.241 e. The molecule has 1 aromatic carbocycles. The average Bonchev–Trinajstić information content (AvgIpc) is 2.56. The Kier molecular flexibility index (Phi) is 6.19. The molecule has 0 bridgehead atoms. The van der Waals surface area contributed by atoms with Crippen LogP contribution in [0.25, 0.3) is 0 Å². The lowest BCUT2D eigenvalue weighted by Crippen LogP contribution is -2.45. The molecule has 1 aliphatic heterocycles. The Labute approximate surface area is 130 Å². The van der Waals surface area contributed by atoms with Gasteiger partial charge in [0.05, 0.1) is 45.0 Å². The number of ether oxygens (including phenoxy) is 2. The summed E-state index contributed by atoms with van der Waals surface area (Å²) >= 11 is 0. The summed E-state index contributed by atoms with van der Waals surface area (Å²) in [6, 6.07) is 9.47. The zero-order chi connectivity index (χ0) is 15.8. The number of hydrogen-bond acceptors (Lipinski definition) is 5. The summed E-state index contributed by atoms with van der Waals surface area (Å²) in [5.41, 5.74) is 0.707. The number of rotatable bonds is 6. The number of nitrogens with zero attached hydrogens (tertiary/aromatic N) is 3. The largest absolute Gasteiger partial charge is 0.495 e. The van der Waals surface area contributed by atoms with E-state index in [2.05, 4.69) is 11.0 Å². The minimum atomic E-state index is -0.0262. The summed E-state index contributed by atoms with van der Waals surface area (Å²) in [7, 11) is 1.58. The van der Waals surface area contributed by atoms with Crippen LogP contribution in [0.1, 0.15) is 6.42 Å². The van der Waals surface area contributed by atoms with E-state index >= 15 is 0 Å². The molecule has 1 amide bonds. The van der Waals surface area contributed by atoms with Crippen molar-refractivity contribution in [3.05, 3.63) is 24.3 Å². The van der Waals surface area contributed by atoms with Gasteiger partial charge in [-0.2, -0.15) is 5.26 Å². The minimum absolute atomic E-state index is 0.0262. The second-order valence-electron chi connectivity index (χ2n) is 5.01. The van der Waals surface area contributed by atoms with Crippen LogP contribution in [-0.4, -0.2) is 57.3 Å². The maximum Gasteiger partial charge on any atom is 0.241 e. The Morgan fingerprint density at radius 2 is 2.14 bits per heavy atom. The lowest BCUT2D eigenvalue weighted by Gasteiger charge is -2.30. The topological polar surface area (TPSA) is 65.8 Å². The Morgan fingerprint density at radius 1 is 1.41 bits per heavy atom. The van der Waals surface area contributed by atoms with Gasteiger partial charge in [-0.3, -0.25) is 9.69 Å². The van der Waals surface area contributed by atoms with E-state index in [4.69, 9.17) is 14.7 Å². The molecule has 0 saturated carbocycles. The van der Waals surface area contributed by atoms with Gasteiger partial charge in [0.2, 0.25) is 5.91 Å². The van der Waals surface area contributed by atoms with Gasteiger partial charge < -0.3 is 14.4 Å². The number of morpholine rings is 1. The fourth-order valence-electron chi connectivity index (χ4n) is 2.43. The first-order chi connectivity index (χ1) is 10.8. The molecule has 6 heteroatoms. The van der Waals surface area contributed by atoms with Crippen molar-refractivity contribution in [3.8, 4) is 11.8 Å². The Balaban J connectivity index is 2.14. The summed E-state index contributed by atoms with van der Waals surface area (Å²) in [4.78, 5) is 16.4. The fraction of sp³-hybridized carbons (Fsp3) is 0.500. The molecular formula is C16H21N3O3. The molecular weight excluding hydrogens is 282 g/mol. The first kappa shape index (κ1) is 16.3. The number of nitriles is 1. The first-order valence-corrected chi connectivity index (χ1v) is 7.36. The molecule has 118 valence electrons. The molecule has 0 spiro atoms. The normalized spacial score (nSPS) is 15.1. The zero-order valence-corrected chi connectivity index (χ0v) is 12.8. The number of para-hydroxylation sites is 2. The van der Waals surface area contributed by atoms with Crippen molar-refractivity contribution in [1.82, 2.24) is 4.90 Å². The molecule has 1 aliphatic rings. The molecule has 0 unspecified atom stereocenters. The molecule has 1 heterocycles. The molecule has 0 radical (unpaired) electrons. The standard InChI is InChI=1S/C16H21N3O3/c1-21-15-6-3-2-5-14(15)19(8-4-7-17)16(20)13-18-9-11-22-12-10-18/h2-3,5-6H,4,8-13H2,1H3. The van der Waals surface area contributed by atoms with Crippen LogP contribution in [0.5, 0.6) is 5.75 Å². The summed E-state index contributed by atoms with van der Waals surface area (Å²) < 4.78 is 10.6. The second kappa shape index (κ2) is 8.37. The van der Waals surface area contributed by atoms with Crippen molar-refractivity contribution >= 4 is 11.6 Å². The van der Waals surface area contributed by atoms with E-state index in [1.807, 2.05) is 24.3 Å². The highest BCUT2D eigenvalue weighted by atomic mass is 16.5. The maximum absolute atomic E-state index is 12.7. The van der Waals surface area contributed by atoms with Crippen LogP contribution >= 0.6 is 0 Å². The Bertz CT molecular complexity index is 536. The van der Waals surface area contributed by atoms with Crippen LogP contribution in [0.15, 0.2) is 24.3 Å². The molecule has 1 saturated heterocycles. The van der Waals surface area contributed by atoms with Gasteiger partial charge in [0.25, 0.3) is 0 Å². The third-order valence-electron chi connectivity index (χ3n) is 3.59.